The molecule has 3 rings (SSSR count). The van der Waals surface area contributed by atoms with Crippen molar-refractivity contribution in [3.8, 4) is 0 Å². The maximum atomic E-state index is 4.57. The summed E-state index contributed by atoms with van der Waals surface area (Å²) < 4.78 is 0. The van der Waals surface area contributed by atoms with E-state index >= 15 is 0 Å². The van der Waals surface area contributed by atoms with Crippen LogP contribution in [0.5, 0.6) is 0 Å². The molecule has 1 aliphatic rings. The molecule has 0 aliphatic carbocycles. The summed E-state index contributed by atoms with van der Waals surface area (Å²) in [7, 11) is 0. The second kappa shape index (κ2) is 6.27. The van der Waals surface area contributed by atoms with Crippen molar-refractivity contribution in [1.29, 1.82) is 0 Å². The molecule has 0 amide bonds. The Bertz CT molecular complexity index is 584. The molecule has 3 nitrogen and oxygen atoms in total. The Morgan fingerprint density at radius 2 is 1.90 bits per heavy atom. The van der Waals surface area contributed by atoms with Crippen LogP contribution in [-0.4, -0.2) is 11.5 Å². The second-order valence-corrected chi connectivity index (χ2v) is 5.75. The quantitative estimate of drug-likeness (QED) is 0.906. The van der Waals surface area contributed by atoms with Crippen LogP contribution >= 0.6 is 0 Å². The molecule has 1 aromatic carbocycles. The maximum absolute atomic E-state index is 4.57. The Kier molecular flexibility index (Phi) is 4.20. The Morgan fingerprint density at radius 1 is 1.19 bits per heavy atom. The molecule has 0 radical (unpaired) electrons. The van der Waals surface area contributed by atoms with Crippen LogP contribution in [0.25, 0.3) is 0 Å². The Labute approximate surface area is 127 Å². The van der Waals surface area contributed by atoms with Gasteiger partial charge in [0.1, 0.15) is 5.82 Å². The molecule has 0 spiro atoms. The first-order valence-electron chi connectivity index (χ1n) is 7.79. The zero-order chi connectivity index (χ0) is 14.7. The van der Waals surface area contributed by atoms with Gasteiger partial charge in [0.05, 0.1) is 0 Å². The summed E-state index contributed by atoms with van der Waals surface area (Å²) in [6.07, 6.45) is 3.08. The van der Waals surface area contributed by atoms with Crippen LogP contribution in [0.1, 0.15) is 43.0 Å². The summed E-state index contributed by atoms with van der Waals surface area (Å²) in [6, 6.07) is 13.4. The monoisotopic (exact) mass is 281 g/mol. The number of anilines is 1. The third kappa shape index (κ3) is 3.08. The highest BCUT2D eigenvalue weighted by Gasteiger charge is 2.20. The minimum atomic E-state index is 0.372. The molecule has 21 heavy (non-hydrogen) atoms. The van der Waals surface area contributed by atoms with Crippen molar-refractivity contribution in [2.24, 2.45) is 0 Å². The maximum Gasteiger partial charge on any atom is 0.129 e. The van der Waals surface area contributed by atoms with Crippen LogP contribution in [0.2, 0.25) is 0 Å². The van der Waals surface area contributed by atoms with Gasteiger partial charge in [-0.15, -0.1) is 0 Å². The van der Waals surface area contributed by atoms with E-state index in [0.29, 0.717) is 6.04 Å². The topological polar surface area (TPSA) is 28.2 Å². The first kappa shape index (κ1) is 14.1. The molecule has 0 saturated carbocycles. The highest BCUT2D eigenvalue weighted by atomic mass is 15.2. The lowest BCUT2D eigenvalue weighted by Crippen LogP contribution is -2.21. The summed E-state index contributed by atoms with van der Waals surface area (Å²) in [6.45, 7) is 7.38. The number of aromatic nitrogens is 1. The lowest BCUT2D eigenvalue weighted by Gasteiger charge is -2.19. The number of fused-ring (bicyclic) bond motifs is 1. The van der Waals surface area contributed by atoms with Gasteiger partial charge in [-0.2, -0.15) is 0 Å². The van der Waals surface area contributed by atoms with Gasteiger partial charge in [0.2, 0.25) is 0 Å². The summed E-state index contributed by atoms with van der Waals surface area (Å²) in [5.41, 5.74) is 4.15. The van der Waals surface area contributed by atoms with Gasteiger partial charge in [0, 0.05) is 25.3 Å². The average molecular weight is 281 g/mol. The first-order valence-corrected chi connectivity index (χ1v) is 7.79. The van der Waals surface area contributed by atoms with Crippen LogP contribution in [0, 0.1) is 0 Å². The van der Waals surface area contributed by atoms with Crippen LogP contribution in [0.4, 0.5) is 5.82 Å². The molecule has 1 atom stereocenters. The Hall–Kier alpha value is -1.87. The Morgan fingerprint density at radius 3 is 2.57 bits per heavy atom. The highest BCUT2D eigenvalue weighted by molar-refractivity contribution is 5.48. The van der Waals surface area contributed by atoms with E-state index in [1.807, 2.05) is 6.20 Å². The van der Waals surface area contributed by atoms with Gasteiger partial charge in [-0.05, 0) is 48.7 Å². The smallest absolute Gasteiger partial charge is 0.129 e. The summed E-state index contributed by atoms with van der Waals surface area (Å²) in [5.74, 6) is 1.08. The van der Waals surface area contributed by atoms with Gasteiger partial charge in [-0.3, -0.25) is 0 Å². The minimum absolute atomic E-state index is 0.372. The number of pyridine rings is 1. The van der Waals surface area contributed by atoms with Gasteiger partial charge >= 0.3 is 0 Å². The van der Waals surface area contributed by atoms with Gasteiger partial charge in [0.25, 0.3) is 0 Å². The van der Waals surface area contributed by atoms with Crippen LogP contribution in [0.15, 0.2) is 42.6 Å². The van der Waals surface area contributed by atoms with Crippen LogP contribution in [-0.2, 0) is 13.1 Å². The van der Waals surface area contributed by atoms with Crippen molar-refractivity contribution in [2.75, 3.05) is 11.4 Å². The second-order valence-electron chi connectivity index (χ2n) is 5.75. The van der Waals surface area contributed by atoms with Crippen molar-refractivity contribution in [1.82, 2.24) is 10.3 Å². The molecule has 3 heteroatoms. The molecular weight excluding hydrogens is 258 g/mol. The van der Waals surface area contributed by atoms with Crippen molar-refractivity contribution in [3.05, 3.63) is 59.3 Å². The van der Waals surface area contributed by atoms with Crippen molar-refractivity contribution in [2.45, 2.75) is 39.4 Å². The fourth-order valence-electron chi connectivity index (χ4n) is 2.85. The van der Waals surface area contributed by atoms with Crippen molar-refractivity contribution >= 4 is 5.82 Å². The van der Waals surface area contributed by atoms with Crippen molar-refractivity contribution < 1.29 is 0 Å². The van der Waals surface area contributed by atoms with E-state index < -0.39 is 0 Å². The number of nitrogens with zero attached hydrogens (tertiary/aromatic N) is 2. The normalized spacial score (nSPS) is 15.0. The van der Waals surface area contributed by atoms with E-state index in [9.17, 15) is 0 Å². The minimum Gasteiger partial charge on any atom is -0.348 e. The van der Waals surface area contributed by atoms with Gasteiger partial charge < -0.3 is 10.2 Å². The molecule has 0 bridgehead atoms. The summed E-state index contributed by atoms with van der Waals surface area (Å²) in [5, 5.41) is 3.54. The molecule has 1 N–H and O–H groups in total. The van der Waals surface area contributed by atoms with Crippen LogP contribution < -0.4 is 10.2 Å². The van der Waals surface area contributed by atoms with E-state index in [-0.39, 0.29) is 0 Å². The van der Waals surface area contributed by atoms with Gasteiger partial charge in [-0.25, -0.2) is 4.98 Å². The van der Waals surface area contributed by atoms with E-state index in [4.69, 9.17) is 0 Å². The third-order valence-electron chi connectivity index (χ3n) is 4.13. The molecule has 2 aromatic rings. The zero-order valence-electron chi connectivity index (χ0n) is 12.8. The van der Waals surface area contributed by atoms with E-state index in [1.54, 1.807) is 0 Å². The van der Waals surface area contributed by atoms with Crippen LogP contribution in [0.3, 0.4) is 0 Å². The standard InChI is InChI=1S/C18H23N3/c1-3-9-19-14(2)15-8-10-20-18(11-15)21-12-16-6-4-5-7-17(16)13-21/h4-8,10-11,14,19H,3,9,12-13H2,1-2H3. The fourth-order valence-corrected chi connectivity index (χ4v) is 2.85. The lowest BCUT2D eigenvalue weighted by atomic mass is 10.1. The summed E-state index contributed by atoms with van der Waals surface area (Å²) in [4.78, 5) is 6.91. The molecule has 110 valence electrons. The molecule has 0 fully saturated rings. The Balaban J connectivity index is 1.75. The predicted octanol–water partition coefficient (Wildman–Crippen LogP) is 3.66. The first-order chi connectivity index (χ1) is 10.3. The lowest BCUT2D eigenvalue weighted by molar-refractivity contribution is 0.570. The van der Waals surface area contributed by atoms with Gasteiger partial charge in [-0.1, -0.05) is 31.2 Å². The molecular formula is C18H23N3. The van der Waals surface area contributed by atoms with E-state index in [0.717, 1.165) is 31.9 Å². The largest absolute Gasteiger partial charge is 0.348 e. The number of benzene rings is 1. The molecule has 0 saturated heterocycles. The number of nitrogens with one attached hydrogen (secondary N) is 1. The zero-order valence-corrected chi connectivity index (χ0v) is 12.8. The number of hydrogen-bond acceptors (Lipinski definition) is 3. The molecule has 1 unspecified atom stereocenters. The summed E-state index contributed by atoms with van der Waals surface area (Å²) >= 11 is 0. The van der Waals surface area contributed by atoms with E-state index in [1.165, 1.54) is 16.7 Å². The van der Waals surface area contributed by atoms with Crippen molar-refractivity contribution in [3.63, 3.8) is 0 Å². The SMILES string of the molecule is CCCNC(C)c1ccnc(N2Cc3ccccc3C2)c1. The fraction of sp³-hybridized carbons (Fsp3) is 0.389. The number of hydrogen-bond donors (Lipinski definition) is 1. The van der Waals surface area contributed by atoms with E-state index in [2.05, 4.69) is 65.4 Å². The number of rotatable bonds is 5. The molecule has 1 aromatic heterocycles. The molecule has 2 heterocycles. The highest BCUT2D eigenvalue weighted by Crippen LogP contribution is 2.28. The predicted molar refractivity (Wildman–Crippen MR) is 87.3 cm³/mol. The van der Waals surface area contributed by atoms with Gasteiger partial charge in [0.15, 0.2) is 0 Å². The third-order valence-corrected chi connectivity index (χ3v) is 4.13. The molecule has 1 aliphatic heterocycles. The average Bonchev–Trinajstić information content (AvgIpc) is 2.97.